The van der Waals surface area contributed by atoms with Crippen molar-refractivity contribution in [1.82, 2.24) is 4.98 Å². The summed E-state index contributed by atoms with van der Waals surface area (Å²) < 4.78 is 26.1. The number of aromatic hydroxyl groups is 1. The van der Waals surface area contributed by atoms with E-state index in [1.165, 1.54) is 0 Å². The summed E-state index contributed by atoms with van der Waals surface area (Å²) in [5, 5.41) is 16.6. The average Bonchev–Trinajstić information content (AvgIpc) is 2.56. The number of benzene rings is 1. The van der Waals surface area contributed by atoms with Crippen LogP contribution in [0, 0.1) is 15.6 Å². The molecule has 0 radical (unpaired) electrons. The van der Waals surface area contributed by atoms with E-state index in [0.29, 0.717) is 10.0 Å². The Kier molecular flexibility index (Phi) is 3.25. The van der Waals surface area contributed by atoms with Gasteiger partial charge in [0, 0.05) is 6.07 Å². The van der Waals surface area contributed by atoms with Crippen LogP contribution in [0.4, 0.5) is 19.5 Å². The fraction of sp³-hybridized carbons (Fsp3) is 0. The molecule has 0 bridgehead atoms. The number of aromatic nitrogens is 1. The smallest absolute Gasteiger partial charge is 0.229 e. The molecule has 1 aromatic carbocycles. The third kappa shape index (κ3) is 2.71. The summed E-state index contributed by atoms with van der Waals surface area (Å²) >= 11 is 5.77. The summed E-state index contributed by atoms with van der Waals surface area (Å²) in [6, 6.07) is 2.92. The van der Waals surface area contributed by atoms with E-state index >= 15 is 0 Å². The van der Waals surface area contributed by atoms with Gasteiger partial charge in [-0.3, -0.25) is 0 Å². The molecule has 4 nitrogen and oxygen atoms in total. The number of azo groups is 1. The fourth-order valence-corrected chi connectivity index (χ4v) is 1.93. The van der Waals surface area contributed by atoms with Gasteiger partial charge in [0.05, 0.1) is 0 Å². The standard InChI is InChI=1S/C9H5F2N3OS2/c10-4-1-2-6(5(11)3-4)13-14-8-7(15)12-9(16)17-8/h1-3,15H,(H,12,16). The average molecular weight is 273 g/mol. The van der Waals surface area contributed by atoms with Gasteiger partial charge in [0.1, 0.15) is 11.5 Å². The molecular weight excluding hydrogens is 268 g/mol. The van der Waals surface area contributed by atoms with Crippen LogP contribution in [-0.4, -0.2) is 10.1 Å². The van der Waals surface area contributed by atoms with Crippen molar-refractivity contribution >= 4 is 34.2 Å². The molecule has 0 aliphatic heterocycles. The maximum Gasteiger partial charge on any atom is 0.229 e. The van der Waals surface area contributed by atoms with Crippen molar-refractivity contribution in [1.29, 1.82) is 0 Å². The van der Waals surface area contributed by atoms with Gasteiger partial charge in [-0.1, -0.05) is 11.3 Å². The minimum atomic E-state index is -0.827. The lowest BCUT2D eigenvalue weighted by Crippen LogP contribution is -1.78. The van der Waals surface area contributed by atoms with Crippen molar-refractivity contribution in [2.45, 2.75) is 0 Å². The summed E-state index contributed by atoms with van der Waals surface area (Å²) in [6.07, 6.45) is 0. The predicted molar refractivity (Wildman–Crippen MR) is 61.7 cm³/mol. The first-order valence-electron chi connectivity index (χ1n) is 4.35. The van der Waals surface area contributed by atoms with Crippen LogP contribution in [0.2, 0.25) is 0 Å². The SMILES string of the molecule is Oc1[nH]c(=S)sc1N=Nc1ccc(F)cc1F. The Morgan fingerprint density at radius 3 is 2.65 bits per heavy atom. The third-order valence-electron chi connectivity index (χ3n) is 1.77. The van der Waals surface area contributed by atoms with Crippen LogP contribution in [0.5, 0.6) is 5.88 Å². The number of aromatic amines is 1. The molecule has 0 unspecified atom stereocenters. The molecule has 2 N–H and O–H groups in total. The van der Waals surface area contributed by atoms with Crippen molar-refractivity contribution in [2.24, 2.45) is 10.2 Å². The van der Waals surface area contributed by atoms with E-state index in [-0.39, 0.29) is 16.6 Å². The minimum absolute atomic E-state index is 0.120. The van der Waals surface area contributed by atoms with Gasteiger partial charge in [0.25, 0.3) is 0 Å². The molecule has 17 heavy (non-hydrogen) atoms. The molecule has 0 fully saturated rings. The molecule has 8 heteroatoms. The zero-order chi connectivity index (χ0) is 12.4. The van der Waals surface area contributed by atoms with Gasteiger partial charge in [-0.25, -0.2) is 8.78 Å². The highest BCUT2D eigenvalue weighted by Gasteiger charge is 2.05. The molecule has 0 amide bonds. The molecule has 0 saturated carbocycles. The maximum atomic E-state index is 13.2. The van der Waals surface area contributed by atoms with E-state index in [1.807, 2.05) is 0 Å². The first kappa shape index (κ1) is 11.8. The van der Waals surface area contributed by atoms with Gasteiger partial charge in [-0.15, -0.1) is 10.2 Å². The fourth-order valence-electron chi connectivity index (χ4n) is 1.04. The number of halogens is 2. The second-order valence-electron chi connectivity index (χ2n) is 2.96. The number of thiazole rings is 1. The van der Waals surface area contributed by atoms with Crippen molar-refractivity contribution in [3.8, 4) is 5.88 Å². The molecule has 0 aliphatic rings. The van der Waals surface area contributed by atoms with E-state index in [2.05, 4.69) is 15.2 Å². The lowest BCUT2D eigenvalue weighted by atomic mass is 10.3. The summed E-state index contributed by atoms with van der Waals surface area (Å²) in [5.41, 5.74) is -0.120. The zero-order valence-corrected chi connectivity index (χ0v) is 9.78. The monoisotopic (exact) mass is 273 g/mol. The maximum absolute atomic E-state index is 13.2. The summed E-state index contributed by atoms with van der Waals surface area (Å²) in [4.78, 5) is 2.45. The predicted octanol–water partition coefficient (Wildman–Crippen LogP) is 4.20. The normalized spacial score (nSPS) is 11.2. The van der Waals surface area contributed by atoms with Crippen LogP contribution in [0.1, 0.15) is 0 Å². The first-order chi connectivity index (χ1) is 8.06. The summed E-state index contributed by atoms with van der Waals surface area (Å²) in [7, 11) is 0. The van der Waals surface area contributed by atoms with Gasteiger partial charge in [-0.2, -0.15) is 0 Å². The van der Waals surface area contributed by atoms with Crippen molar-refractivity contribution < 1.29 is 13.9 Å². The van der Waals surface area contributed by atoms with E-state index in [9.17, 15) is 13.9 Å². The van der Waals surface area contributed by atoms with E-state index in [4.69, 9.17) is 12.2 Å². The second-order valence-corrected chi connectivity index (χ2v) is 4.63. The van der Waals surface area contributed by atoms with Crippen LogP contribution >= 0.6 is 23.6 Å². The van der Waals surface area contributed by atoms with Crippen LogP contribution in [0.25, 0.3) is 0 Å². The number of H-pyrrole nitrogens is 1. The van der Waals surface area contributed by atoms with Crippen LogP contribution < -0.4 is 0 Å². The topological polar surface area (TPSA) is 60.7 Å². The Labute approximate surface area is 103 Å². The van der Waals surface area contributed by atoms with Gasteiger partial charge in [0.15, 0.2) is 9.77 Å². The van der Waals surface area contributed by atoms with E-state index < -0.39 is 11.6 Å². The van der Waals surface area contributed by atoms with Crippen LogP contribution in [-0.2, 0) is 0 Å². The zero-order valence-electron chi connectivity index (χ0n) is 8.15. The highest BCUT2D eigenvalue weighted by atomic mass is 32.1. The van der Waals surface area contributed by atoms with Crippen molar-refractivity contribution in [2.75, 3.05) is 0 Å². The number of hydrogen-bond acceptors (Lipinski definition) is 5. The highest BCUT2D eigenvalue weighted by molar-refractivity contribution is 7.73. The number of rotatable bonds is 2. The molecule has 2 rings (SSSR count). The van der Waals surface area contributed by atoms with E-state index in [0.717, 1.165) is 23.5 Å². The molecule has 0 aliphatic carbocycles. The van der Waals surface area contributed by atoms with Crippen molar-refractivity contribution in [3.63, 3.8) is 0 Å². The van der Waals surface area contributed by atoms with Gasteiger partial charge >= 0.3 is 0 Å². The van der Waals surface area contributed by atoms with Crippen LogP contribution in [0.3, 0.4) is 0 Å². The minimum Gasteiger partial charge on any atom is -0.492 e. The molecular formula is C9H5F2N3OS2. The Bertz CT molecular complexity index is 635. The molecule has 2 aromatic rings. The van der Waals surface area contributed by atoms with Crippen molar-refractivity contribution in [3.05, 3.63) is 33.8 Å². The summed E-state index contributed by atoms with van der Waals surface area (Å²) in [6.45, 7) is 0. The van der Waals surface area contributed by atoms with Gasteiger partial charge < -0.3 is 10.1 Å². The van der Waals surface area contributed by atoms with Gasteiger partial charge in [0.2, 0.25) is 10.9 Å². The number of nitrogens with one attached hydrogen (secondary N) is 1. The molecule has 0 spiro atoms. The third-order valence-corrected chi connectivity index (χ3v) is 2.88. The lowest BCUT2D eigenvalue weighted by Gasteiger charge is -1.94. The quantitative estimate of drug-likeness (QED) is 0.636. The second kappa shape index (κ2) is 4.68. The largest absolute Gasteiger partial charge is 0.492 e. The van der Waals surface area contributed by atoms with E-state index in [1.54, 1.807) is 0 Å². The Morgan fingerprint density at radius 2 is 2.06 bits per heavy atom. The number of nitrogens with zero attached hydrogens (tertiary/aromatic N) is 2. The molecule has 1 heterocycles. The molecule has 1 aromatic heterocycles. The lowest BCUT2D eigenvalue weighted by molar-refractivity contribution is 0.458. The Hall–Kier alpha value is -1.67. The number of hydrogen-bond donors (Lipinski definition) is 2. The Morgan fingerprint density at radius 1 is 1.29 bits per heavy atom. The first-order valence-corrected chi connectivity index (χ1v) is 5.57. The van der Waals surface area contributed by atoms with Gasteiger partial charge in [-0.05, 0) is 24.4 Å². The summed E-state index contributed by atoms with van der Waals surface area (Å²) in [5.74, 6) is -1.75. The molecule has 0 atom stereocenters. The molecule has 88 valence electrons. The highest BCUT2D eigenvalue weighted by Crippen LogP contribution is 2.32. The van der Waals surface area contributed by atoms with Crippen LogP contribution in [0.15, 0.2) is 28.4 Å². The molecule has 0 saturated heterocycles. The Balaban J connectivity index is 2.32.